The number of nitrogens with zero attached hydrogens (tertiary/aromatic N) is 3. The average molecular weight is 423 g/mol. The van der Waals surface area contributed by atoms with Crippen molar-refractivity contribution in [1.82, 2.24) is 14.8 Å². The number of ether oxygens (including phenoxy) is 1. The fourth-order valence-corrected chi connectivity index (χ4v) is 3.67. The number of nitrogens with one attached hydrogen (secondary N) is 1. The lowest BCUT2D eigenvalue weighted by Crippen LogP contribution is -2.16. The second-order valence-corrected chi connectivity index (χ2v) is 7.93. The van der Waals surface area contributed by atoms with E-state index in [4.69, 9.17) is 4.74 Å². The number of hydrogen-bond donors (Lipinski definition) is 1. The Morgan fingerprint density at radius 1 is 1.20 bits per heavy atom. The predicted octanol–water partition coefficient (Wildman–Crippen LogP) is 4.70. The Bertz CT molecular complexity index is 1050. The second-order valence-electron chi connectivity index (χ2n) is 6.99. The number of allylic oxidation sites excluding steroid dienone is 1. The molecule has 2 aromatic carbocycles. The normalized spacial score (nSPS) is 10.6. The third-order valence-corrected chi connectivity index (χ3v) is 5.64. The minimum Gasteiger partial charge on any atom is -0.486 e. The van der Waals surface area contributed by atoms with Gasteiger partial charge in [-0.15, -0.1) is 16.8 Å². The summed E-state index contributed by atoms with van der Waals surface area (Å²) in [5, 5.41) is 12.1. The van der Waals surface area contributed by atoms with Gasteiger partial charge in [-0.3, -0.25) is 9.36 Å². The van der Waals surface area contributed by atoms with Crippen LogP contribution in [0.25, 0.3) is 0 Å². The molecule has 0 aliphatic carbocycles. The highest BCUT2D eigenvalue weighted by molar-refractivity contribution is 7.99. The molecule has 0 fully saturated rings. The highest BCUT2D eigenvalue weighted by Gasteiger charge is 2.15. The quantitative estimate of drug-likeness (QED) is 0.400. The van der Waals surface area contributed by atoms with Gasteiger partial charge >= 0.3 is 0 Å². The Labute approximate surface area is 181 Å². The summed E-state index contributed by atoms with van der Waals surface area (Å²) in [6.07, 6.45) is 1.78. The van der Waals surface area contributed by atoms with Crippen LogP contribution in [0.4, 0.5) is 5.69 Å². The monoisotopic (exact) mass is 422 g/mol. The highest BCUT2D eigenvalue weighted by atomic mass is 32.2. The largest absolute Gasteiger partial charge is 0.486 e. The first-order valence-corrected chi connectivity index (χ1v) is 10.7. The van der Waals surface area contributed by atoms with Crippen LogP contribution in [0.5, 0.6) is 5.75 Å². The van der Waals surface area contributed by atoms with Crippen LogP contribution in [0, 0.1) is 20.8 Å². The van der Waals surface area contributed by atoms with Crippen molar-refractivity contribution >= 4 is 23.4 Å². The number of carbonyl (C=O) groups is 1. The molecule has 156 valence electrons. The third kappa shape index (κ3) is 5.51. The van der Waals surface area contributed by atoms with E-state index in [9.17, 15) is 4.79 Å². The Balaban J connectivity index is 1.63. The lowest BCUT2D eigenvalue weighted by atomic mass is 10.1. The van der Waals surface area contributed by atoms with E-state index in [1.165, 1.54) is 11.8 Å². The van der Waals surface area contributed by atoms with E-state index in [2.05, 4.69) is 22.1 Å². The first-order chi connectivity index (χ1) is 14.5. The summed E-state index contributed by atoms with van der Waals surface area (Å²) in [6.45, 7) is 10.7. The van der Waals surface area contributed by atoms with Crippen molar-refractivity contribution < 1.29 is 9.53 Å². The molecule has 0 unspecified atom stereocenters. The molecular weight excluding hydrogens is 396 g/mol. The van der Waals surface area contributed by atoms with E-state index < -0.39 is 0 Å². The zero-order valence-electron chi connectivity index (χ0n) is 17.5. The van der Waals surface area contributed by atoms with Crippen molar-refractivity contribution in [1.29, 1.82) is 0 Å². The van der Waals surface area contributed by atoms with Crippen LogP contribution in [-0.4, -0.2) is 26.4 Å². The molecule has 0 radical (unpaired) electrons. The van der Waals surface area contributed by atoms with E-state index >= 15 is 0 Å². The smallest absolute Gasteiger partial charge is 0.234 e. The van der Waals surface area contributed by atoms with Crippen LogP contribution < -0.4 is 10.1 Å². The lowest BCUT2D eigenvalue weighted by Gasteiger charge is -2.11. The molecule has 0 saturated carbocycles. The van der Waals surface area contributed by atoms with Crippen molar-refractivity contribution in [3.63, 3.8) is 0 Å². The summed E-state index contributed by atoms with van der Waals surface area (Å²) in [5.41, 5.74) is 4.18. The van der Waals surface area contributed by atoms with E-state index in [1.54, 1.807) is 6.08 Å². The Hall–Kier alpha value is -3.06. The standard InChI is InChI=1S/C23H26N4O2S/c1-5-12-27-21(14-29-19-10-6-8-16(2)13-19)25-26-23(27)30-15-22(28)24-20-11-7-9-17(3)18(20)4/h5-11,13H,1,12,14-15H2,2-4H3,(H,24,28). The van der Waals surface area contributed by atoms with Gasteiger partial charge in [0.05, 0.1) is 5.75 Å². The van der Waals surface area contributed by atoms with Gasteiger partial charge < -0.3 is 10.1 Å². The van der Waals surface area contributed by atoms with Crippen LogP contribution in [0.2, 0.25) is 0 Å². The average Bonchev–Trinajstić information content (AvgIpc) is 3.10. The maximum atomic E-state index is 12.4. The molecular formula is C23H26N4O2S. The first-order valence-electron chi connectivity index (χ1n) is 9.69. The number of aromatic nitrogens is 3. The van der Waals surface area contributed by atoms with Gasteiger partial charge in [-0.25, -0.2) is 0 Å². The third-order valence-electron chi connectivity index (χ3n) is 4.67. The van der Waals surface area contributed by atoms with Crippen molar-refractivity contribution in [2.45, 2.75) is 39.1 Å². The highest BCUT2D eigenvalue weighted by Crippen LogP contribution is 2.21. The molecule has 0 spiro atoms. The summed E-state index contributed by atoms with van der Waals surface area (Å²) in [4.78, 5) is 12.4. The molecule has 0 aliphatic rings. The number of aryl methyl sites for hydroxylation is 2. The van der Waals surface area contributed by atoms with Gasteiger partial charge in [0.2, 0.25) is 5.91 Å². The van der Waals surface area contributed by atoms with Crippen LogP contribution in [-0.2, 0) is 17.9 Å². The number of thioether (sulfide) groups is 1. The van der Waals surface area contributed by atoms with Crippen LogP contribution >= 0.6 is 11.8 Å². The van der Waals surface area contributed by atoms with Crippen LogP contribution in [0.15, 0.2) is 60.3 Å². The number of carbonyl (C=O) groups excluding carboxylic acids is 1. The first kappa shape index (κ1) is 21.6. The van der Waals surface area contributed by atoms with E-state index in [-0.39, 0.29) is 11.7 Å². The number of rotatable bonds is 9. The lowest BCUT2D eigenvalue weighted by molar-refractivity contribution is -0.113. The minimum absolute atomic E-state index is 0.0839. The van der Waals surface area contributed by atoms with Gasteiger partial charge in [-0.05, 0) is 55.7 Å². The molecule has 3 rings (SSSR count). The number of anilines is 1. The fourth-order valence-electron chi connectivity index (χ4n) is 2.90. The maximum absolute atomic E-state index is 12.4. The summed E-state index contributed by atoms with van der Waals surface area (Å²) in [7, 11) is 0. The van der Waals surface area contributed by atoms with E-state index in [0.29, 0.717) is 24.1 Å². The molecule has 6 nitrogen and oxygen atoms in total. The summed E-state index contributed by atoms with van der Waals surface area (Å²) in [6, 6.07) is 13.7. The Morgan fingerprint density at radius 2 is 2.00 bits per heavy atom. The van der Waals surface area contributed by atoms with Gasteiger partial charge in [0.15, 0.2) is 11.0 Å². The molecule has 1 amide bonds. The van der Waals surface area contributed by atoms with E-state index in [1.807, 2.05) is 67.8 Å². The second kappa shape index (κ2) is 10.1. The minimum atomic E-state index is -0.0839. The number of benzene rings is 2. The Kier molecular flexibility index (Phi) is 7.30. The van der Waals surface area contributed by atoms with E-state index in [0.717, 1.165) is 28.1 Å². The number of amides is 1. The topological polar surface area (TPSA) is 69.0 Å². The molecule has 30 heavy (non-hydrogen) atoms. The van der Waals surface area contributed by atoms with Crippen molar-refractivity contribution in [2.24, 2.45) is 0 Å². The van der Waals surface area contributed by atoms with Crippen LogP contribution in [0.1, 0.15) is 22.5 Å². The van der Waals surface area contributed by atoms with Gasteiger partial charge in [0.25, 0.3) is 0 Å². The van der Waals surface area contributed by atoms with Gasteiger partial charge in [-0.2, -0.15) is 0 Å². The SMILES string of the molecule is C=CCn1c(COc2cccc(C)c2)nnc1SCC(=O)Nc1cccc(C)c1C. The van der Waals surface area contributed by atoms with Crippen LogP contribution in [0.3, 0.4) is 0 Å². The fraction of sp³-hybridized carbons (Fsp3) is 0.261. The van der Waals surface area contributed by atoms with Gasteiger partial charge in [0, 0.05) is 12.2 Å². The molecule has 0 aliphatic heterocycles. The van der Waals surface area contributed by atoms with Crippen molar-refractivity contribution in [3.05, 3.63) is 77.6 Å². The zero-order chi connectivity index (χ0) is 21.5. The van der Waals surface area contributed by atoms with Crippen molar-refractivity contribution in [3.8, 4) is 5.75 Å². The molecule has 3 aromatic rings. The summed E-state index contributed by atoms with van der Waals surface area (Å²) in [5.74, 6) is 1.63. The molecule has 1 heterocycles. The maximum Gasteiger partial charge on any atom is 0.234 e. The molecule has 0 saturated heterocycles. The zero-order valence-corrected chi connectivity index (χ0v) is 18.3. The Morgan fingerprint density at radius 3 is 2.77 bits per heavy atom. The summed E-state index contributed by atoms with van der Waals surface area (Å²) >= 11 is 1.34. The number of hydrogen-bond acceptors (Lipinski definition) is 5. The van der Waals surface area contributed by atoms with Gasteiger partial charge in [0.1, 0.15) is 12.4 Å². The molecule has 7 heteroatoms. The predicted molar refractivity (Wildman–Crippen MR) is 121 cm³/mol. The molecule has 1 N–H and O–H groups in total. The molecule has 0 bridgehead atoms. The van der Waals surface area contributed by atoms with Crippen molar-refractivity contribution in [2.75, 3.05) is 11.1 Å². The summed E-state index contributed by atoms with van der Waals surface area (Å²) < 4.78 is 7.77. The molecule has 1 aromatic heterocycles. The van der Waals surface area contributed by atoms with Gasteiger partial charge in [-0.1, -0.05) is 42.1 Å². The molecule has 0 atom stereocenters.